The fourth-order valence-electron chi connectivity index (χ4n) is 0.897. The van der Waals surface area contributed by atoms with Gasteiger partial charge in [0.05, 0.1) is 6.10 Å². The summed E-state index contributed by atoms with van der Waals surface area (Å²) in [6.45, 7) is 0. The maximum absolute atomic E-state index is 12.5. The molecule has 0 aliphatic rings. The Balaban J connectivity index is 2.62. The highest BCUT2D eigenvalue weighted by Crippen LogP contribution is 2.17. The highest BCUT2D eigenvalue weighted by atomic mass is 32.2. The highest BCUT2D eigenvalue weighted by molar-refractivity contribution is 8.03. The summed E-state index contributed by atoms with van der Waals surface area (Å²) in [5.74, 6) is -0.0221. The van der Waals surface area contributed by atoms with E-state index in [-0.39, 0.29) is 5.82 Å². The normalized spacial score (nSPS) is 12.1. The molecule has 0 radical (unpaired) electrons. The van der Waals surface area contributed by atoms with Crippen LogP contribution in [-0.4, -0.2) is 10.9 Å². The average molecular weight is 197 g/mol. The van der Waals surface area contributed by atoms with Crippen LogP contribution in [0.3, 0.4) is 0 Å². The summed E-state index contributed by atoms with van der Waals surface area (Å²) in [4.78, 5) is 0. The molecular weight excluding hydrogens is 189 g/mol. The standard InChI is InChI=1S/C9H8FNOS/c10-8-3-1-7(2-4-8)9(12)5-13-6-11/h1-4,9,12H,5H2. The summed E-state index contributed by atoms with van der Waals surface area (Å²) in [6.07, 6.45) is -0.703. The Morgan fingerprint density at radius 1 is 1.46 bits per heavy atom. The lowest BCUT2D eigenvalue weighted by atomic mass is 10.1. The zero-order valence-electron chi connectivity index (χ0n) is 6.77. The molecule has 1 atom stereocenters. The van der Waals surface area contributed by atoms with Crippen LogP contribution in [0.15, 0.2) is 24.3 Å². The lowest BCUT2D eigenvalue weighted by Crippen LogP contribution is -1.99. The van der Waals surface area contributed by atoms with Crippen molar-refractivity contribution in [3.8, 4) is 5.40 Å². The van der Waals surface area contributed by atoms with Crippen LogP contribution in [0.2, 0.25) is 0 Å². The van der Waals surface area contributed by atoms with Crippen molar-refractivity contribution in [2.75, 3.05) is 5.75 Å². The molecule has 68 valence electrons. The third-order valence-corrected chi connectivity index (χ3v) is 2.17. The highest BCUT2D eigenvalue weighted by Gasteiger charge is 2.06. The molecule has 0 saturated heterocycles. The number of nitriles is 1. The van der Waals surface area contributed by atoms with E-state index in [9.17, 15) is 9.50 Å². The van der Waals surface area contributed by atoms with E-state index in [1.165, 1.54) is 24.3 Å². The third kappa shape index (κ3) is 3.05. The molecule has 1 rings (SSSR count). The van der Waals surface area contributed by atoms with E-state index < -0.39 is 6.10 Å². The van der Waals surface area contributed by atoms with Gasteiger partial charge in [-0.1, -0.05) is 12.1 Å². The van der Waals surface area contributed by atoms with Gasteiger partial charge in [-0.2, -0.15) is 5.26 Å². The molecule has 0 bridgehead atoms. The topological polar surface area (TPSA) is 44.0 Å². The number of benzene rings is 1. The Kier molecular flexibility index (Phi) is 3.74. The molecule has 0 aliphatic heterocycles. The smallest absolute Gasteiger partial charge is 0.133 e. The molecule has 2 nitrogen and oxygen atoms in total. The molecule has 0 fully saturated rings. The number of halogens is 1. The van der Waals surface area contributed by atoms with Gasteiger partial charge in [-0.3, -0.25) is 0 Å². The van der Waals surface area contributed by atoms with Gasteiger partial charge in [0.15, 0.2) is 0 Å². The summed E-state index contributed by atoms with van der Waals surface area (Å²) in [7, 11) is 0. The van der Waals surface area contributed by atoms with E-state index in [0.717, 1.165) is 11.8 Å². The Morgan fingerprint density at radius 3 is 2.62 bits per heavy atom. The molecule has 0 heterocycles. The van der Waals surface area contributed by atoms with Crippen molar-refractivity contribution < 1.29 is 9.50 Å². The van der Waals surface area contributed by atoms with Crippen LogP contribution < -0.4 is 0 Å². The van der Waals surface area contributed by atoms with E-state index in [0.29, 0.717) is 11.3 Å². The van der Waals surface area contributed by atoms with E-state index >= 15 is 0 Å². The number of thioether (sulfide) groups is 1. The van der Waals surface area contributed by atoms with Crippen LogP contribution in [0.1, 0.15) is 11.7 Å². The number of hydrogen-bond donors (Lipinski definition) is 1. The number of thiocyanates is 1. The molecule has 1 N–H and O–H groups in total. The molecule has 0 spiro atoms. The summed E-state index contributed by atoms with van der Waals surface area (Å²) in [5, 5.41) is 19.6. The molecule has 0 aromatic heterocycles. The van der Waals surface area contributed by atoms with Crippen molar-refractivity contribution in [3.63, 3.8) is 0 Å². The van der Waals surface area contributed by atoms with E-state index in [4.69, 9.17) is 5.26 Å². The maximum Gasteiger partial charge on any atom is 0.133 e. The zero-order chi connectivity index (χ0) is 9.68. The quantitative estimate of drug-likeness (QED) is 0.754. The first-order valence-corrected chi connectivity index (χ1v) is 4.67. The molecule has 13 heavy (non-hydrogen) atoms. The summed E-state index contributed by atoms with van der Waals surface area (Å²) in [5.41, 5.74) is 0.629. The molecule has 1 aromatic rings. The van der Waals surface area contributed by atoms with E-state index in [1.54, 1.807) is 0 Å². The maximum atomic E-state index is 12.5. The number of aliphatic hydroxyl groups excluding tert-OH is 1. The van der Waals surface area contributed by atoms with Crippen molar-refractivity contribution in [2.45, 2.75) is 6.10 Å². The van der Waals surface area contributed by atoms with E-state index in [2.05, 4.69) is 0 Å². The molecule has 4 heteroatoms. The van der Waals surface area contributed by atoms with E-state index in [1.807, 2.05) is 5.40 Å². The second-order valence-corrected chi connectivity index (χ2v) is 3.27. The number of hydrogen-bond acceptors (Lipinski definition) is 3. The molecule has 1 unspecified atom stereocenters. The van der Waals surface area contributed by atoms with Crippen LogP contribution in [0, 0.1) is 16.5 Å². The van der Waals surface area contributed by atoms with Crippen LogP contribution in [0.25, 0.3) is 0 Å². The Bertz CT molecular complexity index is 306. The summed E-state index contributed by atoms with van der Waals surface area (Å²) >= 11 is 0.977. The Labute approximate surface area is 80.0 Å². The van der Waals surface area contributed by atoms with Gasteiger partial charge >= 0.3 is 0 Å². The molecule has 0 amide bonds. The first-order chi connectivity index (χ1) is 6.24. The fraction of sp³-hybridized carbons (Fsp3) is 0.222. The van der Waals surface area contributed by atoms with Crippen LogP contribution >= 0.6 is 11.8 Å². The van der Waals surface area contributed by atoms with Crippen LogP contribution in [-0.2, 0) is 0 Å². The fourth-order valence-corrected chi connectivity index (χ4v) is 1.32. The first kappa shape index (κ1) is 10.0. The molecule has 0 saturated carbocycles. The minimum Gasteiger partial charge on any atom is -0.388 e. The monoisotopic (exact) mass is 197 g/mol. The summed E-state index contributed by atoms with van der Waals surface area (Å²) in [6, 6.07) is 5.60. The van der Waals surface area contributed by atoms with Crippen molar-refractivity contribution in [1.82, 2.24) is 0 Å². The SMILES string of the molecule is N#CSCC(O)c1ccc(F)cc1. The first-order valence-electron chi connectivity index (χ1n) is 3.68. The van der Waals surface area contributed by atoms with Crippen molar-refractivity contribution in [3.05, 3.63) is 35.6 Å². The second kappa shape index (κ2) is 4.85. The predicted molar refractivity (Wildman–Crippen MR) is 49.4 cm³/mol. The lowest BCUT2D eigenvalue weighted by Gasteiger charge is -2.07. The van der Waals surface area contributed by atoms with Gasteiger partial charge in [-0.25, -0.2) is 4.39 Å². The van der Waals surface area contributed by atoms with Gasteiger partial charge < -0.3 is 5.11 Å². The van der Waals surface area contributed by atoms with Crippen LogP contribution in [0.4, 0.5) is 4.39 Å². The molecule has 0 aliphatic carbocycles. The second-order valence-electron chi connectivity index (χ2n) is 2.47. The predicted octanol–water partition coefficient (Wildman–Crippen LogP) is 2.07. The Hall–Kier alpha value is -1.05. The summed E-state index contributed by atoms with van der Waals surface area (Å²) < 4.78 is 12.5. The van der Waals surface area contributed by atoms with Gasteiger partial charge in [0.25, 0.3) is 0 Å². The number of rotatable bonds is 3. The lowest BCUT2D eigenvalue weighted by molar-refractivity contribution is 0.204. The van der Waals surface area contributed by atoms with Crippen molar-refractivity contribution >= 4 is 11.8 Å². The van der Waals surface area contributed by atoms with Crippen LogP contribution in [0.5, 0.6) is 0 Å². The van der Waals surface area contributed by atoms with Crippen molar-refractivity contribution in [2.24, 2.45) is 0 Å². The number of aliphatic hydroxyl groups is 1. The minimum atomic E-state index is -0.703. The van der Waals surface area contributed by atoms with Gasteiger partial charge in [0.1, 0.15) is 11.2 Å². The van der Waals surface area contributed by atoms with Crippen molar-refractivity contribution in [1.29, 1.82) is 5.26 Å². The molecule has 1 aromatic carbocycles. The van der Waals surface area contributed by atoms with Gasteiger partial charge in [0, 0.05) is 5.75 Å². The minimum absolute atomic E-state index is 0.308. The largest absolute Gasteiger partial charge is 0.388 e. The molecular formula is C9H8FNOS. The van der Waals surface area contributed by atoms with Gasteiger partial charge in [-0.05, 0) is 29.5 Å². The van der Waals surface area contributed by atoms with Gasteiger partial charge in [-0.15, -0.1) is 0 Å². The zero-order valence-corrected chi connectivity index (χ0v) is 7.59. The Morgan fingerprint density at radius 2 is 2.08 bits per heavy atom. The number of nitrogens with zero attached hydrogens (tertiary/aromatic N) is 1. The van der Waals surface area contributed by atoms with Gasteiger partial charge in [0.2, 0.25) is 0 Å². The average Bonchev–Trinajstić information content (AvgIpc) is 2.15. The third-order valence-electron chi connectivity index (χ3n) is 1.56.